The maximum atomic E-state index is 14.9. The highest BCUT2D eigenvalue weighted by Gasteiger charge is 2.21. The first-order chi connectivity index (χ1) is 16.5. The molecule has 4 heteroatoms. The van der Waals surface area contributed by atoms with Gasteiger partial charge in [-0.1, -0.05) is 57.2 Å². The second-order valence-corrected chi connectivity index (χ2v) is 10.1. The van der Waals surface area contributed by atoms with Crippen LogP contribution in [-0.2, 0) is 16.8 Å². The quantitative estimate of drug-likeness (QED) is 0.295. The zero-order chi connectivity index (χ0) is 25.8. The fourth-order valence-electron chi connectivity index (χ4n) is 4.22. The van der Waals surface area contributed by atoms with Crippen molar-refractivity contribution in [2.45, 2.75) is 59.0 Å². The van der Waals surface area contributed by atoms with E-state index in [-0.39, 0.29) is 22.9 Å². The van der Waals surface area contributed by atoms with Crippen molar-refractivity contribution >= 4 is 5.78 Å². The van der Waals surface area contributed by atoms with Crippen LogP contribution in [0.25, 0.3) is 11.1 Å². The number of methoxy groups -OCH3 is 1. The monoisotopic (exact) mass is 474 g/mol. The van der Waals surface area contributed by atoms with Gasteiger partial charge in [-0.15, -0.1) is 0 Å². The first kappa shape index (κ1) is 26.2. The Balaban J connectivity index is 1.86. The molecule has 0 aliphatic carbocycles. The molecule has 0 fully saturated rings. The smallest absolute Gasteiger partial charge is 0.131 e. The van der Waals surface area contributed by atoms with Gasteiger partial charge in [0.15, 0.2) is 0 Å². The molecular formula is C31H35FO3. The van der Waals surface area contributed by atoms with Crippen LogP contribution in [0.5, 0.6) is 11.5 Å². The maximum Gasteiger partial charge on any atom is 0.131 e. The van der Waals surface area contributed by atoms with Crippen LogP contribution in [0.4, 0.5) is 4.39 Å². The van der Waals surface area contributed by atoms with Crippen LogP contribution >= 0.6 is 0 Å². The molecule has 0 heterocycles. The Morgan fingerprint density at radius 2 is 1.60 bits per heavy atom. The van der Waals surface area contributed by atoms with E-state index >= 15 is 0 Å². The lowest BCUT2D eigenvalue weighted by molar-refractivity contribution is -0.117. The van der Waals surface area contributed by atoms with Gasteiger partial charge >= 0.3 is 0 Å². The average Bonchev–Trinajstić information content (AvgIpc) is 2.81. The number of carbonyl (C=O) groups excluding carboxylic acids is 1. The van der Waals surface area contributed by atoms with Gasteiger partial charge in [0.05, 0.1) is 7.11 Å². The summed E-state index contributed by atoms with van der Waals surface area (Å²) in [5.41, 5.74) is 5.18. The van der Waals surface area contributed by atoms with E-state index in [2.05, 4.69) is 33.4 Å². The van der Waals surface area contributed by atoms with Crippen molar-refractivity contribution in [2.75, 3.05) is 7.11 Å². The lowest BCUT2D eigenvalue weighted by Gasteiger charge is -2.24. The van der Waals surface area contributed by atoms with Crippen LogP contribution in [0.1, 0.15) is 63.6 Å². The Morgan fingerprint density at radius 1 is 0.943 bits per heavy atom. The van der Waals surface area contributed by atoms with Crippen LogP contribution in [0.15, 0.2) is 72.8 Å². The van der Waals surface area contributed by atoms with Crippen molar-refractivity contribution in [2.24, 2.45) is 0 Å². The second kappa shape index (κ2) is 10.9. The highest BCUT2D eigenvalue weighted by atomic mass is 19.1. The van der Waals surface area contributed by atoms with Crippen molar-refractivity contribution in [3.63, 3.8) is 0 Å². The molecule has 1 atom stereocenters. The first-order valence-corrected chi connectivity index (χ1v) is 11.8. The summed E-state index contributed by atoms with van der Waals surface area (Å²) in [5.74, 6) is 1.20. The number of ketones is 1. The number of ether oxygens (including phenoxy) is 2. The van der Waals surface area contributed by atoms with Crippen molar-refractivity contribution in [1.82, 2.24) is 0 Å². The number of hydrogen-bond acceptors (Lipinski definition) is 3. The molecule has 35 heavy (non-hydrogen) atoms. The molecule has 0 aromatic heterocycles. The molecule has 184 valence electrons. The molecule has 0 radical (unpaired) electrons. The van der Waals surface area contributed by atoms with E-state index < -0.39 is 0 Å². The van der Waals surface area contributed by atoms with Crippen molar-refractivity contribution < 1.29 is 18.7 Å². The SMILES string of the molecule is C=C(C)[C@H](CC(C)=O)c1ccc(OCc2ccc(C(C)(C)C)c(-c3cc(OC)ccc3F)c2)cc1. The lowest BCUT2D eigenvalue weighted by Crippen LogP contribution is -2.13. The van der Waals surface area contributed by atoms with Crippen LogP contribution < -0.4 is 9.47 Å². The summed E-state index contributed by atoms with van der Waals surface area (Å²) in [4.78, 5) is 11.6. The zero-order valence-electron chi connectivity index (χ0n) is 21.6. The fraction of sp³-hybridized carbons (Fsp3) is 0.323. The average molecular weight is 475 g/mol. The summed E-state index contributed by atoms with van der Waals surface area (Å²) in [6.45, 7) is 14.3. The van der Waals surface area contributed by atoms with Gasteiger partial charge < -0.3 is 9.47 Å². The lowest BCUT2D eigenvalue weighted by atomic mass is 9.81. The van der Waals surface area contributed by atoms with Gasteiger partial charge in [0.1, 0.15) is 29.7 Å². The van der Waals surface area contributed by atoms with E-state index in [1.165, 1.54) is 6.07 Å². The molecule has 0 unspecified atom stereocenters. The van der Waals surface area contributed by atoms with Crippen LogP contribution in [0.2, 0.25) is 0 Å². The summed E-state index contributed by atoms with van der Waals surface area (Å²) in [6.07, 6.45) is 0.444. The number of carbonyl (C=O) groups is 1. The van der Waals surface area contributed by atoms with E-state index in [0.717, 1.165) is 33.6 Å². The van der Waals surface area contributed by atoms with Gasteiger partial charge in [-0.25, -0.2) is 4.39 Å². The van der Waals surface area contributed by atoms with Crippen molar-refractivity contribution in [1.29, 1.82) is 0 Å². The predicted octanol–water partition coefficient (Wildman–Crippen LogP) is 8.02. The molecule has 3 aromatic carbocycles. The normalized spacial score (nSPS) is 12.2. The molecule has 0 N–H and O–H groups in total. The van der Waals surface area contributed by atoms with Crippen LogP contribution in [-0.4, -0.2) is 12.9 Å². The Morgan fingerprint density at radius 3 is 2.17 bits per heavy atom. The largest absolute Gasteiger partial charge is 0.497 e. The third-order valence-corrected chi connectivity index (χ3v) is 6.13. The van der Waals surface area contributed by atoms with E-state index in [0.29, 0.717) is 24.3 Å². The number of allylic oxidation sites excluding steroid dienone is 1. The van der Waals surface area contributed by atoms with Crippen LogP contribution in [0.3, 0.4) is 0 Å². The Bertz CT molecular complexity index is 1200. The van der Waals surface area contributed by atoms with Gasteiger partial charge in [0.25, 0.3) is 0 Å². The third-order valence-electron chi connectivity index (χ3n) is 6.13. The zero-order valence-corrected chi connectivity index (χ0v) is 21.6. The van der Waals surface area contributed by atoms with E-state index in [9.17, 15) is 9.18 Å². The molecular weight excluding hydrogens is 439 g/mol. The second-order valence-electron chi connectivity index (χ2n) is 10.1. The van der Waals surface area contributed by atoms with Gasteiger partial charge in [-0.2, -0.15) is 0 Å². The predicted molar refractivity (Wildman–Crippen MR) is 141 cm³/mol. The third kappa shape index (κ3) is 6.60. The molecule has 0 bridgehead atoms. The summed E-state index contributed by atoms with van der Waals surface area (Å²) < 4.78 is 26.3. The molecule has 0 aliphatic heterocycles. The molecule has 0 spiro atoms. The minimum Gasteiger partial charge on any atom is -0.497 e. The summed E-state index contributed by atoms with van der Waals surface area (Å²) in [6, 6.07) is 18.7. The van der Waals surface area contributed by atoms with E-state index in [1.54, 1.807) is 26.2 Å². The summed E-state index contributed by atoms with van der Waals surface area (Å²) >= 11 is 0. The fourth-order valence-corrected chi connectivity index (χ4v) is 4.22. The standard InChI is InChI=1S/C31H35FO3/c1-20(2)26(16-21(3)33)23-9-11-24(12-10-23)35-19-22-8-14-29(31(4,5)6)27(17-22)28-18-25(34-7)13-15-30(28)32/h8-15,17-18,26H,1,16,19H2,2-7H3/t26-/m0/s1. The highest BCUT2D eigenvalue weighted by Crippen LogP contribution is 2.37. The summed E-state index contributed by atoms with van der Waals surface area (Å²) in [7, 11) is 1.58. The number of halogens is 1. The van der Waals surface area contributed by atoms with Gasteiger partial charge in [-0.3, -0.25) is 4.79 Å². The van der Waals surface area contributed by atoms with Gasteiger partial charge in [0.2, 0.25) is 0 Å². The Kier molecular flexibility index (Phi) is 8.16. The molecule has 3 nitrogen and oxygen atoms in total. The minimum atomic E-state index is -0.289. The van der Waals surface area contributed by atoms with Crippen LogP contribution in [0, 0.1) is 5.82 Å². The molecule has 0 saturated carbocycles. The van der Waals surface area contributed by atoms with Crippen molar-refractivity contribution in [3.05, 3.63) is 95.3 Å². The Hall–Kier alpha value is -3.40. The first-order valence-electron chi connectivity index (χ1n) is 11.8. The summed E-state index contributed by atoms with van der Waals surface area (Å²) in [5, 5.41) is 0. The molecule has 3 rings (SSSR count). The highest BCUT2D eigenvalue weighted by molar-refractivity contribution is 5.77. The minimum absolute atomic E-state index is 0.00631. The molecule has 0 amide bonds. The molecule has 0 aliphatic rings. The van der Waals surface area contributed by atoms with Gasteiger partial charge in [0, 0.05) is 17.9 Å². The number of rotatable bonds is 9. The molecule has 0 saturated heterocycles. The van der Waals surface area contributed by atoms with E-state index in [1.807, 2.05) is 43.3 Å². The van der Waals surface area contributed by atoms with E-state index in [4.69, 9.17) is 9.47 Å². The number of Topliss-reactive ketones (excluding diaryl/α,β-unsaturated/α-hetero) is 1. The topological polar surface area (TPSA) is 35.5 Å². The maximum absolute atomic E-state index is 14.9. The number of hydrogen-bond donors (Lipinski definition) is 0. The van der Waals surface area contributed by atoms with Gasteiger partial charge in [-0.05, 0) is 77.9 Å². The van der Waals surface area contributed by atoms with Crippen molar-refractivity contribution in [3.8, 4) is 22.6 Å². The number of benzene rings is 3. The molecule has 3 aromatic rings. The Labute approximate surface area is 208 Å².